The molecule has 0 aromatic carbocycles. The Balaban J connectivity index is 1.52. The number of anilines is 1. The van der Waals surface area contributed by atoms with E-state index in [-0.39, 0.29) is 6.10 Å². The molecule has 2 unspecified atom stereocenters. The molecule has 0 saturated carbocycles. The van der Waals surface area contributed by atoms with E-state index in [9.17, 15) is 0 Å². The van der Waals surface area contributed by atoms with E-state index in [0.717, 1.165) is 58.4 Å². The van der Waals surface area contributed by atoms with E-state index in [1.807, 2.05) is 12.1 Å². The Morgan fingerprint density at radius 1 is 1.41 bits per heavy atom. The molecule has 0 amide bonds. The molecule has 0 radical (unpaired) electrons. The third kappa shape index (κ3) is 4.15. The molecule has 1 aromatic heterocycles. The van der Waals surface area contributed by atoms with Crippen molar-refractivity contribution < 1.29 is 9.47 Å². The van der Waals surface area contributed by atoms with Crippen molar-refractivity contribution in [3.05, 3.63) is 18.3 Å². The Morgan fingerprint density at radius 3 is 3.09 bits per heavy atom. The van der Waals surface area contributed by atoms with E-state index >= 15 is 0 Å². The number of hydrogen-bond donors (Lipinski definition) is 0. The Kier molecular flexibility index (Phi) is 5.58. The summed E-state index contributed by atoms with van der Waals surface area (Å²) >= 11 is 0. The van der Waals surface area contributed by atoms with Crippen LogP contribution in [0.2, 0.25) is 0 Å². The molecule has 6 nitrogen and oxygen atoms in total. The summed E-state index contributed by atoms with van der Waals surface area (Å²) in [5, 5.41) is 8.18. The van der Waals surface area contributed by atoms with Gasteiger partial charge in [0.15, 0.2) is 5.82 Å². The summed E-state index contributed by atoms with van der Waals surface area (Å²) in [6.07, 6.45) is 3.14. The van der Waals surface area contributed by atoms with Crippen LogP contribution in [-0.2, 0) is 9.47 Å². The maximum absolute atomic E-state index is 5.96. The first-order chi connectivity index (χ1) is 10.8. The molecule has 0 aliphatic carbocycles. The van der Waals surface area contributed by atoms with E-state index in [2.05, 4.69) is 26.9 Å². The molecule has 2 atom stereocenters. The lowest BCUT2D eigenvalue weighted by molar-refractivity contribution is -0.0288. The van der Waals surface area contributed by atoms with Gasteiger partial charge in [0.2, 0.25) is 0 Å². The molecular formula is C16H26N4O2. The van der Waals surface area contributed by atoms with Crippen LogP contribution in [0.15, 0.2) is 18.3 Å². The van der Waals surface area contributed by atoms with Crippen LogP contribution in [0.25, 0.3) is 0 Å². The zero-order valence-corrected chi connectivity index (χ0v) is 13.4. The average Bonchev–Trinajstić information content (AvgIpc) is 3.07. The number of morpholine rings is 1. The third-order valence-electron chi connectivity index (χ3n) is 4.45. The number of likely N-dealkylation sites (N-methyl/N-ethyl adjacent to an activating group) is 1. The van der Waals surface area contributed by atoms with Gasteiger partial charge in [-0.2, -0.15) is 5.10 Å². The molecule has 0 N–H and O–H groups in total. The fourth-order valence-corrected chi connectivity index (χ4v) is 3.24. The zero-order valence-electron chi connectivity index (χ0n) is 13.4. The van der Waals surface area contributed by atoms with Crippen LogP contribution >= 0.6 is 0 Å². The van der Waals surface area contributed by atoms with E-state index < -0.39 is 0 Å². The van der Waals surface area contributed by atoms with Gasteiger partial charge >= 0.3 is 0 Å². The highest BCUT2D eigenvalue weighted by Crippen LogP contribution is 2.17. The lowest BCUT2D eigenvalue weighted by atomic mass is 10.1. The van der Waals surface area contributed by atoms with Crippen molar-refractivity contribution in [2.75, 3.05) is 57.4 Å². The molecule has 2 aliphatic heterocycles. The molecule has 0 bridgehead atoms. The summed E-state index contributed by atoms with van der Waals surface area (Å²) in [7, 11) is 0. The quantitative estimate of drug-likeness (QED) is 0.783. The van der Waals surface area contributed by atoms with Crippen LogP contribution in [0.1, 0.15) is 13.3 Å². The van der Waals surface area contributed by atoms with Gasteiger partial charge in [-0.25, -0.2) is 0 Å². The van der Waals surface area contributed by atoms with Crippen molar-refractivity contribution in [2.45, 2.75) is 19.4 Å². The van der Waals surface area contributed by atoms with E-state index in [1.165, 1.54) is 6.42 Å². The SMILES string of the molecule is CCN(CC1CN(CC2CCOC2)CCO1)c1cccnn1. The summed E-state index contributed by atoms with van der Waals surface area (Å²) in [6.45, 7) is 9.75. The largest absolute Gasteiger partial charge is 0.381 e. The molecule has 3 rings (SSSR count). The van der Waals surface area contributed by atoms with Crippen molar-refractivity contribution in [1.82, 2.24) is 15.1 Å². The van der Waals surface area contributed by atoms with Gasteiger partial charge < -0.3 is 14.4 Å². The van der Waals surface area contributed by atoms with Gasteiger partial charge in [0.25, 0.3) is 0 Å². The Labute approximate surface area is 132 Å². The van der Waals surface area contributed by atoms with E-state index in [4.69, 9.17) is 9.47 Å². The molecule has 1 aromatic rings. The summed E-state index contributed by atoms with van der Waals surface area (Å²) in [4.78, 5) is 4.76. The van der Waals surface area contributed by atoms with Gasteiger partial charge in [0.1, 0.15) is 0 Å². The molecule has 2 fully saturated rings. The minimum absolute atomic E-state index is 0.234. The van der Waals surface area contributed by atoms with Crippen LogP contribution in [0.4, 0.5) is 5.82 Å². The fourth-order valence-electron chi connectivity index (χ4n) is 3.24. The van der Waals surface area contributed by atoms with Crippen molar-refractivity contribution in [3.8, 4) is 0 Å². The summed E-state index contributed by atoms with van der Waals surface area (Å²) in [6, 6.07) is 3.94. The van der Waals surface area contributed by atoms with Gasteiger partial charge in [0.05, 0.1) is 19.3 Å². The molecule has 22 heavy (non-hydrogen) atoms. The average molecular weight is 306 g/mol. The minimum Gasteiger partial charge on any atom is -0.381 e. The number of rotatable bonds is 6. The number of ether oxygens (including phenoxy) is 2. The maximum atomic E-state index is 5.96. The molecule has 2 aliphatic rings. The lowest BCUT2D eigenvalue weighted by Crippen LogP contribution is -2.49. The third-order valence-corrected chi connectivity index (χ3v) is 4.45. The Bertz CT molecular complexity index is 439. The van der Waals surface area contributed by atoms with Gasteiger partial charge in [-0.15, -0.1) is 5.10 Å². The van der Waals surface area contributed by atoms with Gasteiger partial charge in [0, 0.05) is 45.5 Å². The first kappa shape index (κ1) is 15.6. The number of aromatic nitrogens is 2. The van der Waals surface area contributed by atoms with Crippen LogP contribution < -0.4 is 4.90 Å². The number of hydrogen-bond acceptors (Lipinski definition) is 6. The van der Waals surface area contributed by atoms with Crippen LogP contribution in [0.3, 0.4) is 0 Å². The molecular weight excluding hydrogens is 280 g/mol. The van der Waals surface area contributed by atoms with Crippen molar-refractivity contribution in [2.24, 2.45) is 5.92 Å². The van der Waals surface area contributed by atoms with Crippen molar-refractivity contribution in [1.29, 1.82) is 0 Å². The highest BCUT2D eigenvalue weighted by Gasteiger charge is 2.26. The van der Waals surface area contributed by atoms with Gasteiger partial charge in [-0.3, -0.25) is 4.90 Å². The van der Waals surface area contributed by atoms with Crippen LogP contribution in [0, 0.1) is 5.92 Å². The van der Waals surface area contributed by atoms with Crippen LogP contribution in [-0.4, -0.2) is 73.7 Å². The topological polar surface area (TPSA) is 50.7 Å². The second-order valence-corrected chi connectivity index (χ2v) is 6.10. The van der Waals surface area contributed by atoms with E-state index in [0.29, 0.717) is 5.92 Å². The molecule has 6 heteroatoms. The standard InChI is InChI=1S/C16H26N4O2/c1-2-20(16-4-3-6-17-18-16)12-15-11-19(7-9-22-15)10-14-5-8-21-13-14/h3-4,6,14-15H,2,5,7-13H2,1H3. The minimum atomic E-state index is 0.234. The summed E-state index contributed by atoms with van der Waals surface area (Å²) in [5.41, 5.74) is 0. The van der Waals surface area contributed by atoms with Crippen molar-refractivity contribution in [3.63, 3.8) is 0 Å². The second-order valence-electron chi connectivity index (χ2n) is 6.10. The van der Waals surface area contributed by atoms with Gasteiger partial charge in [-0.05, 0) is 31.4 Å². The molecule has 122 valence electrons. The summed E-state index contributed by atoms with van der Waals surface area (Å²) in [5.74, 6) is 1.62. The van der Waals surface area contributed by atoms with Crippen molar-refractivity contribution >= 4 is 5.82 Å². The zero-order chi connectivity index (χ0) is 15.2. The molecule has 3 heterocycles. The fraction of sp³-hybridized carbons (Fsp3) is 0.750. The highest BCUT2D eigenvalue weighted by molar-refractivity contribution is 5.36. The summed E-state index contributed by atoms with van der Waals surface area (Å²) < 4.78 is 11.4. The monoisotopic (exact) mass is 306 g/mol. The molecule has 0 spiro atoms. The normalized spacial score (nSPS) is 26.2. The first-order valence-corrected chi connectivity index (χ1v) is 8.29. The maximum Gasteiger partial charge on any atom is 0.151 e. The first-order valence-electron chi connectivity index (χ1n) is 8.29. The van der Waals surface area contributed by atoms with Crippen LogP contribution in [0.5, 0.6) is 0 Å². The molecule has 2 saturated heterocycles. The lowest BCUT2D eigenvalue weighted by Gasteiger charge is -2.36. The Morgan fingerprint density at radius 2 is 2.36 bits per heavy atom. The Hall–Kier alpha value is -1.24. The predicted molar refractivity (Wildman–Crippen MR) is 85.0 cm³/mol. The smallest absolute Gasteiger partial charge is 0.151 e. The highest BCUT2D eigenvalue weighted by atomic mass is 16.5. The number of nitrogens with zero attached hydrogens (tertiary/aromatic N) is 4. The van der Waals surface area contributed by atoms with E-state index in [1.54, 1.807) is 6.20 Å². The second kappa shape index (κ2) is 7.85. The predicted octanol–water partition coefficient (Wildman–Crippen LogP) is 1.04. The van der Waals surface area contributed by atoms with Gasteiger partial charge in [-0.1, -0.05) is 0 Å².